The number of carboxylic acid groups (broad SMARTS) is 1. The summed E-state index contributed by atoms with van der Waals surface area (Å²) in [6.45, 7) is 9.99. The average molecular weight is 987 g/mol. The Hall–Kier alpha value is -7.64. The largest absolute Gasteiger partial charge is 0.478 e. The number of hydrogen-bond acceptors (Lipinski definition) is 9. The predicted molar refractivity (Wildman–Crippen MR) is 251 cm³/mol. The topological polar surface area (TPSA) is 164 Å². The third-order valence-electron chi connectivity index (χ3n) is 12.3. The average Bonchev–Trinajstić information content (AvgIpc) is 4.12. The summed E-state index contributed by atoms with van der Waals surface area (Å²) in [6, 6.07) is 22.7. The smallest absolute Gasteiger partial charge is 0.416 e. The van der Waals surface area contributed by atoms with Crippen molar-refractivity contribution >= 4 is 35.4 Å². The fraction of sp³-hybridized carbons (Fsp3) is 0.333. The molecule has 0 aliphatic carbocycles. The fourth-order valence-electron chi connectivity index (χ4n) is 8.64. The maximum Gasteiger partial charge on any atom is 0.416 e. The molecule has 0 spiro atoms. The maximum atomic E-state index is 13.4. The molecule has 8 rings (SSSR count). The summed E-state index contributed by atoms with van der Waals surface area (Å²) in [5.74, 6) is -0.929. The summed E-state index contributed by atoms with van der Waals surface area (Å²) < 4.78 is 87.2. The number of fused-ring (bicyclic) bond motifs is 2. The summed E-state index contributed by atoms with van der Waals surface area (Å²) in [5.41, 5.74) is 3.77. The van der Waals surface area contributed by atoms with Crippen molar-refractivity contribution in [2.45, 2.75) is 91.2 Å². The number of aromatic nitrogens is 4. The van der Waals surface area contributed by atoms with E-state index in [0.717, 1.165) is 35.4 Å². The Bertz CT molecular complexity index is 2910. The number of carboxylic acids is 1. The van der Waals surface area contributed by atoms with E-state index in [2.05, 4.69) is 20.8 Å². The Labute approximate surface area is 405 Å². The Morgan fingerprint density at radius 3 is 1.37 bits per heavy atom. The van der Waals surface area contributed by atoms with E-state index in [1.165, 1.54) is 31.4 Å². The molecule has 6 aromatic rings. The molecule has 2 aromatic heterocycles. The van der Waals surface area contributed by atoms with Crippen LogP contribution in [0.25, 0.3) is 0 Å². The maximum absolute atomic E-state index is 13.4. The molecule has 0 unspecified atom stereocenters. The fourth-order valence-corrected chi connectivity index (χ4v) is 8.64. The number of alkyl halides is 6. The molecule has 0 saturated carbocycles. The predicted octanol–water partition coefficient (Wildman–Crippen LogP) is 9.44. The first-order valence-electron chi connectivity index (χ1n) is 22.8. The minimum Gasteiger partial charge on any atom is -0.478 e. The molecule has 2 aliphatic rings. The van der Waals surface area contributed by atoms with Crippen molar-refractivity contribution in [3.05, 3.63) is 164 Å². The third kappa shape index (κ3) is 11.5. The highest BCUT2D eigenvalue weighted by atomic mass is 19.4. The van der Waals surface area contributed by atoms with Gasteiger partial charge in [-0.05, 0) is 97.5 Å². The SMILES string of the molecule is CCc1nn2c(c1C(=O)N[C@@H](C)c1ccc(C(=O)O)cc1)N(Cc1cccc(C(F)(F)F)c1)CC2.CCc1nn2c(c1C(=O)N[C@@H](C)c1ccc(C(=O)OC)cc1)N(Cc1cccc(C(F)(F)F)c1)CC2. The van der Waals surface area contributed by atoms with Gasteiger partial charge in [0, 0.05) is 26.2 Å². The second-order valence-corrected chi connectivity index (χ2v) is 17.1. The molecule has 374 valence electrons. The number of aryl methyl sites for hydroxylation is 2. The number of nitrogens with zero attached hydrogens (tertiary/aromatic N) is 6. The van der Waals surface area contributed by atoms with Gasteiger partial charge in [-0.1, -0.05) is 62.4 Å². The van der Waals surface area contributed by atoms with E-state index in [1.807, 2.05) is 30.6 Å². The van der Waals surface area contributed by atoms with E-state index in [9.17, 15) is 45.5 Å². The van der Waals surface area contributed by atoms with Crippen LogP contribution < -0.4 is 20.4 Å². The quantitative estimate of drug-likeness (QED) is 0.0708. The lowest BCUT2D eigenvalue weighted by molar-refractivity contribution is -0.138. The number of ether oxygens (including phenoxy) is 1. The Morgan fingerprint density at radius 1 is 0.620 bits per heavy atom. The van der Waals surface area contributed by atoms with Gasteiger partial charge in [-0.15, -0.1) is 0 Å². The number of rotatable bonds is 14. The molecule has 0 fully saturated rings. The van der Waals surface area contributed by atoms with E-state index >= 15 is 0 Å². The van der Waals surface area contributed by atoms with Crippen LogP contribution in [0.15, 0.2) is 97.1 Å². The molecule has 0 radical (unpaired) electrons. The second kappa shape index (κ2) is 21.2. The van der Waals surface area contributed by atoms with Gasteiger partial charge in [-0.25, -0.2) is 19.0 Å². The van der Waals surface area contributed by atoms with Gasteiger partial charge in [0.1, 0.15) is 22.8 Å². The lowest BCUT2D eigenvalue weighted by Crippen LogP contribution is -2.30. The van der Waals surface area contributed by atoms with Crippen molar-refractivity contribution < 1.29 is 55.4 Å². The molecule has 0 saturated heterocycles. The highest BCUT2D eigenvalue weighted by Gasteiger charge is 2.35. The Morgan fingerprint density at radius 2 is 1.01 bits per heavy atom. The van der Waals surface area contributed by atoms with Gasteiger partial charge in [-0.2, -0.15) is 36.5 Å². The highest BCUT2D eigenvalue weighted by Crippen LogP contribution is 2.36. The molecular weight excluding hydrogens is 935 g/mol. The van der Waals surface area contributed by atoms with E-state index in [4.69, 9.17) is 9.84 Å². The van der Waals surface area contributed by atoms with E-state index < -0.39 is 41.5 Å². The van der Waals surface area contributed by atoms with Gasteiger partial charge in [0.25, 0.3) is 11.8 Å². The molecule has 14 nitrogen and oxygen atoms in total. The first-order chi connectivity index (χ1) is 33.7. The summed E-state index contributed by atoms with van der Waals surface area (Å²) in [5, 5.41) is 24.2. The number of anilines is 2. The van der Waals surface area contributed by atoms with Crippen molar-refractivity contribution in [3.8, 4) is 0 Å². The molecular formula is C51H52F6N8O6. The molecule has 2 atom stereocenters. The molecule has 4 aromatic carbocycles. The van der Waals surface area contributed by atoms with Crippen LogP contribution in [0.5, 0.6) is 0 Å². The van der Waals surface area contributed by atoms with Crippen LogP contribution >= 0.6 is 0 Å². The molecule has 3 N–H and O–H groups in total. The standard InChI is InChI=1S/C26H27F3N4O3.C25H25F3N4O3/c1-4-21-22(23(34)30-16(2)18-8-10-19(11-9-18)25(35)36-3)24-32(12-13-33(24)31-21)15-17-6-5-7-20(14-17)26(27,28)29;1-3-20-21(22(33)29-15(2)17-7-9-18(10-8-17)24(34)35)23-31(11-12-32(23)30-20)14-16-5-4-6-19(13-16)25(26,27)28/h5-11,14,16H,4,12-13,15H2,1-3H3,(H,30,34);4-10,13,15H,3,11-12,14H2,1-2H3,(H,29,33)(H,34,35)/t16-;15-/m00/s1. The van der Waals surface area contributed by atoms with Gasteiger partial charge < -0.3 is 30.3 Å². The van der Waals surface area contributed by atoms with Gasteiger partial charge in [0.05, 0.1) is 65.9 Å². The first-order valence-corrected chi connectivity index (χ1v) is 22.8. The van der Waals surface area contributed by atoms with Gasteiger partial charge in [-0.3, -0.25) is 9.59 Å². The zero-order valence-electron chi connectivity index (χ0n) is 39.5. The highest BCUT2D eigenvalue weighted by molar-refractivity contribution is 6.01. The molecule has 2 aliphatic heterocycles. The van der Waals surface area contributed by atoms with Crippen molar-refractivity contribution in [1.29, 1.82) is 0 Å². The number of carbonyl (C=O) groups excluding carboxylic acids is 3. The van der Waals surface area contributed by atoms with E-state index in [0.29, 0.717) is 89.9 Å². The monoisotopic (exact) mass is 986 g/mol. The van der Waals surface area contributed by atoms with Gasteiger partial charge in [0.2, 0.25) is 0 Å². The third-order valence-corrected chi connectivity index (χ3v) is 12.3. The van der Waals surface area contributed by atoms with Crippen LogP contribution in [-0.2, 0) is 56.1 Å². The van der Waals surface area contributed by atoms with E-state index in [-0.39, 0.29) is 36.5 Å². The molecule has 2 amide bonds. The number of methoxy groups -OCH3 is 1. The van der Waals surface area contributed by atoms with Gasteiger partial charge in [0.15, 0.2) is 0 Å². The van der Waals surface area contributed by atoms with Crippen LogP contribution in [0, 0.1) is 0 Å². The molecule has 71 heavy (non-hydrogen) atoms. The Kier molecular flexibility index (Phi) is 15.3. The van der Waals surface area contributed by atoms with Crippen LogP contribution in [0.1, 0.15) is 126 Å². The molecule has 0 bridgehead atoms. The number of benzene rings is 4. The van der Waals surface area contributed by atoms with Crippen LogP contribution in [-0.4, -0.2) is 68.6 Å². The normalized spacial score (nSPS) is 14.0. The van der Waals surface area contributed by atoms with E-state index in [1.54, 1.807) is 64.8 Å². The number of carbonyl (C=O) groups is 4. The minimum absolute atomic E-state index is 0.153. The van der Waals surface area contributed by atoms with Crippen molar-refractivity contribution in [2.75, 3.05) is 30.0 Å². The molecule has 4 heterocycles. The lowest BCUT2D eigenvalue weighted by atomic mass is 10.0. The number of amides is 2. The van der Waals surface area contributed by atoms with Crippen molar-refractivity contribution in [2.24, 2.45) is 0 Å². The molecule has 20 heteroatoms. The number of aromatic carboxylic acids is 1. The minimum atomic E-state index is -4.43. The number of esters is 1. The summed E-state index contributed by atoms with van der Waals surface area (Å²) in [4.78, 5) is 53.3. The number of halogens is 6. The number of hydrogen-bond donors (Lipinski definition) is 3. The summed E-state index contributed by atoms with van der Waals surface area (Å²) in [7, 11) is 1.31. The van der Waals surface area contributed by atoms with Gasteiger partial charge >= 0.3 is 24.3 Å². The Balaban J connectivity index is 0.000000209. The lowest BCUT2D eigenvalue weighted by Gasteiger charge is -2.21. The zero-order chi connectivity index (χ0) is 51.4. The second-order valence-electron chi connectivity index (χ2n) is 17.1. The van der Waals surface area contributed by atoms with Crippen LogP contribution in [0.3, 0.4) is 0 Å². The van der Waals surface area contributed by atoms with Crippen LogP contribution in [0.4, 0.5) is 38.0 Å². The zero-order valence-corrected chi connectivity index (χ0v) is 39.5. The van der Waals surface area contributed by atoms with Crippen molar-refractivity contribution in [1.82, 2.24) is 30.2 Å². The van der Waals surface area contributed by atoms with Crippen LogP contribution in [0.2, 0.25) is 0 Å². The first kappa shape index (κ1) is 51.2. The van der Waals surface area contributed by atoms with Crippen molar-refractivity contribution in [3.63, 3.8) is 0 Å². The number of nitrogens with one attached hydrogen (secondary N) is 2. The summed E-state index contributed by atoms with van der Waals surface area (Å²) in [6.07, 6.45) is -7.80. The summed E-state index contributed by atoms with van der Waals surface area (Å²) >= 11 is 0.